The lowest BCUT2D eigenvalue weighted by atomic mass is 10.1. The zero-order chi connectivity index (χ0) is 27.2. The van der Waals surface area contributed by atoms with Gasteiger partial charge in [-0.3, -0.25) is 14.6 Å². The van der Waals surface area contributed by atoms with Gasteiger partial charge in [0.05, 0.1) is 12.7 Å². The number of aromatic nitrogens is 6. The molecule has 1 unspecified atom stereocenters. The first-order chi connectivity index (χ1) is 17.3. The third kappa shape index (κ3) is 8.76. The maximum atomic E-state index is 14.4. The van der Waals surface area contributed by atoms with E-state index < -0.39 is 36.6 Å². The SMILES string of the molecule is CC(F)(F)c1cncc(CNC(=O)c2nnc(CCC(F)Cn3cc(C(=O)NCC(F)(F)F)nn3)s2)c1. The molecule has 3 rings (SSSR count). The zero-order valence-corrected chi connectivity index (χ0v) is 19.9. The van der Waals surface area contributed by atoms with Crippen LogP contribution in [-0.4, -0.2) is 60.9 Å². The van der Waals surface area contributed by atoms with E-state index in [1.807, 2.05) is 0 Å². The highest BCUT2D eigenvalue weighted by Crippen LogP contribution is 2.26. The number of aryl methyl sites for hydroxylation is 1. The van der Waals surface area contributed by atoms with Gasteiger partial charge >= 0.3 is 6.18 Å². The third-order valence-electron chi connectivity index (χ3n) is 4.69. The molecule has 17 heteroatoms. The molecule has 2 N–H and O–H groups in total. The van der Waals surface area contributed by atoms with E-state index in [2.05, 4.69) is 30.8 Å². The predicted octanol–water partition coefficient (Wildman–Crippen LogP) is 2.83. The third-order valence-corrected chi connectivity index (χ3v) is 5.68. The smallest absolute Gasteiger partial charge is 0.346 e. The molecule has 0 radical (unpaired) electrons. The molecule has 3 heterocycles. The number of pyridine rings is 1. The van der Waals surface area contributed by atoms with Crippen molar-refractivity contribution >= 4 is 23.2 Å². The lowest BCUT2D eigenvalue weighted by Gasteiger charge is -2.11. The average Bonchev–Trinajstić information content (AvgIpc) is 3.49. The number of nitrogens with one attached hydrogen (secondary N) is 2. The Balaban J connectivity index is 1.45. The zero-order valence-electron chi connectivity index (χ0n) is 19.1. The Bertz CT molecular complexity index is 1230. The quantitative estimate of drug-likeness (QED) is 0.352. The number of amides is 2. The highest BCUT2D eigenvalue weighted by Gasteiger charge is 2.28. The van der Waals surface area contributed by atoms with Gasteiger partial charge < -0.3 is 10.6 Å². The van der Waals surface area contributed by atoms with Crippen molar-refractivity contribution in [2.24, 2.45) is 0 Å². The molecule has 0 aliphatic carbocycles. The molecular formula is C20H20F6N8O2S. The number of hydrogen-bond acceptors (Lipinski definition) is 8. The minimum absolute atomic E-state index is 0.00105. The lowest BCUT2D eigenvalue weighted by molar-refractivity contribution is -0.123. The highest BCUT2D eigenvalue weighted by molar-refractivity contribution is 7.13. The van der Waals surface area contributed by atoms with E-state index >= 15 is 0 Å². The normalized spacial score (nSPS) is 12.8. The van der Waals surface area contributed by atoms with Crippen molar-refractivity contribution in [1.82, 2.24) is 40.8 Å². The van der Waals surface area contributed by atoms with Crippen molar-refractivity contribution in [2.45, 2.75) is 51.1 Å². The molecule has 10 nitrogen and oxygen atoms in total. The summed E-state index contributed by atoms with van der Waals surface area (Å²) in [6, 6.07) is 1.23. The summed E-state index contributed by atoms with van der Waals surface area (Å²) in [5.41, 5.74) is -0.307. The molecule has 0 saturated carbocycles. The Kier molecular flexibility index (Phi) is 8.77. The second-order valence-electron chi connectivity index (χ2n) is 7.91. The second kappa shape index (κ2) is 11.6. The number of rotatable bonds is 11. The van der Waals surface area contributed by atoms with Gasteiger partial charge in [-0.1, -0.05) is 16.6 Å². The van der Waals surface area contributed by atoms with Crippen LogP contribution in [0.5, 0.6) is 0 Å². The van der Waals surface area contributed by atoms with Crippen LogP contribution >= 0.6 is 11.3 Å². The first-order valence-corrected chi connectivity index (χ1v) is 11.4. The minimum atomic E-state index is -4.58. The van der Waals surface area contributed by atoms with Crippen LogP contribution in [0.15, 0.2) is 24.7 Å². The van der Waals surface area contributed by atoms with Crippen LogP contribution in [0.2, 0.25) is 0 Å². The number of carbonyl (C=O) groups is 2. The van der Waals surface area contributed by atoms with Gasteiger partial charge in [-0.2, -0.15) is 13.2 Å². The van der Waals surface area contributed by atoms with E-state index in [0.29, 0.717) is 10.6 Å². The van der Waals surface area contributed by atoms with Crippen LogP contribution in [0.4, 0.5) is 26.3 Å². The minimum Gasteiger partial charge on any atom is -0.346 e. The van der Waals surface area contributed by atoms with Crippen molar-refractivity contribution in [1.29, 1.82) is 0 Å². The maximum Gasteiger partial charge on any atom is 0.405 e. The summed E-state index contributed by atoms with van der Waals surface area (Å²) in [7, 11) is 0. The van der Waals surface area contributed by atoms with E-state index in [1.165, 1.54) is 12.3 Å². The molecule has 0 aromatic carbocycles. The highest BCUT2D eigenvalue weighted by atomic mass is 32.1. The molecule has 1 atom stereocenters. The Morgan fingerprint density at radius 2 is 1.84 bits per heavy atom. The van der Waals surface area contributed by atoms with E-state index in [0.717, 1.165) is 35.3 Å². The fourth-order valence-corrected chi connectivity index (χ4v) is 3.64. The fraction of sp³-hybridized carbons (Fsp3) is 0.450. The predicted molar refractivity (Wildman–Crippen MR) is 117 cm³/mol. The molecule has 37 heavy (non-hydrogen) atoms. The van der Waals surface area contributed by atoms with Gasteiger partial charge in [-0.05, 0) is 18.1 Å². The Labute approximate surface area is 209 Å². The molecule has 0 bridgehead atoms. The summed E-state index contributed by atoms with van der Waals surface area (Å²) in [6.07, 6.45) is -2.57. The largest absolute Gasteiger partial charge is 0.405 e. The summed E-state index contributed by atoms with van der Waals surface area (Å²) >= 11 is 0.931. The van der Waals surface area contributed by atoms with Gasteiger partial charge in [0.25, 0.3) is 17.7 Å². The maximum absolute atomic E-state index is 14.4. The number of carbonyl (C=O) groups excluding carboxylic acids is 2. The first kappa shape index (κ1) is 27.9. The van der Waals surface area contributed by atoms with Crippen molar-refractivity contribution < 1.29 is 35.9 Å². The summed E-state index contributed by atoms with van der Waals surface area (Å²) in [5, 5.41) is 19.1. The van der Waals surface area contributed by atoms with Crippen LogP contribution < -0.4 is 10.6 Å². The summed E-state index contributed by atoms with van der Waals surface area (Å²) in [4.78, 5) is 27.7. The Morgan fingerprint density at radius 1 is 1.08 bits per heavy atom. The van der Waals surface area contributed by atoms with Gasteiger partial charge in [0.1, 0.15) is 17.7 Å². The number of hydrogen-bond donors (Lipinski definition) is 2. The molecule has 3 aromatic rings. The van der Waals surface area contributed by atoms with Gasteiger partial charge in [-0.25, -0.2) is 17.9 Å². The molecule has 0 fully saturated rings. The van der Waals surface area contributed by atoms with Crippen LogP contribution in [0, 0.1) is 0 Å². The number of nitrogens with zero attached hydrogens (tertiary/aromatic N) is 6. The average molecular weight is 550 g/mol. The van der Waals surface area contributed by atoms with Gasteiger partial charge in [0, 0.05) is 37.8 Å². The first-order valence-electron chi connectivity index (χ1n) is 10.6. The van der Waals surface area contributed by atoms with Gasteiger partial charge in [0.15, 0.2) is 5.69 Å². The van der Waals surface area contributed by atoms with Crippen molar-refractivity contribution in [3.8, 4) is 0 Å². The van der Waals surface area contributed by atoms with Crippen LogP contribution in [0.3, 0.4) is 0 Å². The Hall–Kier alpha value is -3.63. The molecule has 0 spiro atoms. The van der Waals surface area contributed by atoms with Crippen LogP contribution in [0.1, 0.15) is 49.8 Å². The standard InChI is InChI=1S/C20H20F6N8O2S/c1-19(22,23)12-4-11(5-27-7-12)6-28-17(36)18-32-31-15(37-18)3-2-13(21)8-34-9-14(30-33-34)16(35)29-10-20(24,25)26/h4-5,7,9,13H,2-3,6,8,10H2,1H3,(H,28,36)(H,29,35). The summed E-state index contributed by atoms with van der Waals surface area (Å²) in [5.74, 6) is -4.75. The van der Waals surface area contributed by atoms with Crippen LogP contribution in [0.25, 0.3) is 0 Å². The summed E-state index contributed by atoms with van der Waals surface area (Å²) in [6.45, 7) is -1.17. The van der Waals surface area contributed by atoms with E-state index in [4.69, 9.17) is 0 Å². The fourth-order valence-electron chi connectivity index (χ4n) is 2.87. The molecule has 2 amide bonds. The van der Waals surface area contributed by atoms with Crippen LogP contribution in [-0.2, 0) is 25.4 Å². The topological polar surface area (TPSA) is 128 Å². The Morgan fingerprint density at radius 3 is 2.54 bits per heavy atom. The number of halogens is 6. The second-order valence-corrected chi connectivity index (χ2v) is 8.98. The lowest BCUT2D eigenvalue weighted by Crippen LogP contribution is -2.33. The van der Waals surface area contributed by atoms with Crippen molar-refractivity contribution in [2.75, 3.05) is 6.54 Å². The monoisotopic (exact) mass is 550 g/mol. The molecule has 0 aliphatic rings. The van der Waals surface area contributed by atoms with Gasteiger partial charge in [0.2, 0.25) is 5.01 Å². The van der Waals surface area contributed by atoms with Crippen molar-refractivity contribution in [3.63, 3.8) is 0 Å². The molecule has 0 saturated heterocycles. The van der Waals surface area contributed by atoms with E-state index in [-0.39, 0.29) is 42.2 Å². The van der Waals surface area contributed by atoms with E-state index in [9.17, 15) is 35.9 Å². The molecule has 3 aromatic heterocycles. The molecule has 0 aliphatic heterocycles. The van der Waals surface area contributed by atoms with E-state index in [1.54, 1.807) is 5.32 Å². The molecule has 200 valence electrons. The van der Waals surface area contributed by atoms with Gasteiger partial charge in [-0.15, -0.1) is 15.3 Å². The van der Waals surface area contributed by atoms with Crippen molar-refractivity contribution in [3.05, 3.63) is 51.5 Å². The summed E-state index contributed by atoms with van der Waals surface area (Å²) < 4.78 is 78.7. The molecular weight excluding hydrogens is 530 g/mol. The number of alkyl halides is 6.